The summed E-state index contributed by atoms with van der Waals surface area (Å²) in [6, 6.07) is 6.65. The minimum atomic E-state index is -0.503. The van der Waals surface area contributed by atoms with Crippen molar-refractivity contribution in [2.24, 2.45) is 22.7 Å². The summed E-state index contributed by atoms with van der Waals surface area (Å²) in [4.78, 5) is 36.5. The van der Waals surface area contributed by atoms with E-state index in [1.165, 1.54) is 28.9 Å². The number of benzene rings is 1. The van der Waals surface area contributed by atoms with Crippen LogP contribution in [0.5, 0.6) is 0 Å². The Kier molecular flexibility index (Phi) is 5.06. The quantitative estimate of drug-likeness (QED) is 0.600. The number of thioether (sulfide) groups is 1. The predicted molar refractivity (Wildman–Crippen MR) is 140 cm³/mol. The minimum Gasteiger partial charge on any atom is -0.342 e. The van der Waals surface area contributed by atoms with Crippen LogP contribution in [-0.2, 0) is 9.59 Å². The van der Waals surface area contributed by atoms with Crippen LogP contribution >= 0.6 is 11.8 Å². The standard InChI is InChI=1S/C29H33N3O2S/c1-18-14-23(4-6-24(18)21-5-7-25-22(15-21)9-13-35-25)26-30-29(10-11-29)28(34)32(26)17-19-8-12-31(16-19)27(33)20-2-3-20/h4-7,14,19-20,22H,2-3,8-13,15-17H2,1H3/t19-,22?/m1/s1. The number of amidine groups is 1. The monoisotopic (exact) mass is 487 g/mol. The SMILES string of the molecule is Cc1cc(C2=NC3(CC3)C(=O)N2C[C@@H]2CCN(C(=O)C3CC3)C2)ccc1C1=CC=C2SCCC2C1. The minimum absolute atomic E-state index is 0.174. The Morgan fingerprint density at radius 3 is 2.80 bits per heavy atom. The van der Waals surface area contributed by atoms with Gasteiger partial charge < -0.3 is 4.90 Å². The number of allylic oxidation sites excluding steroid dienone is 4. The van der Waals surface area contributed by atoms with E-state index in [2.05, 4.69) is 37.3 Å². The first-order valence-electron chi connectivity index (χ1n) is 13.4. The molecule has 0 radical (unpaired) electrons. The van der Waals surface area contributed by atoms with E-state index < -0.39 is 5.54 Å². The van der Waals surface area contributed by atoms with E-state index in [-0.39, 0.29) is 11.8 Å². The molecule has 0 aromatic heterocycles. The van der Waals surface area contributed by atoms with Crippen LogP contribution in [0, 0.1) is 24.7 Å². The highest BCUT2D eigenvalue weighted by Gasteiger charge is 2.57. The van der Waals surface area contributed by atoms with Crippen LogP contribution in [0.15, 0.2) is 40.2 Å². The first kappa shape index (κ1) is 21.9. The topological polar surface area (TPSA) is 53.0 Å². The number of amides is 2. The molecule has 0 bridgehead atoms. The van der Waals surface area contributed by atoms with Crippen LogP contribution in [0.1, 0.15) is 61.6 Å². The molecule has 2 atom stereocenters. The first-order valence-corrected chi connectivity index (χ1v) is 14.3. The Morgan fingerprint density at radius 2 is 2.03 bits per heavy atom. The van der Waals surface area contributed by atoms with E-state index in [0.717, 1.165) is 63.0 Å². The van der Waals surface area contributed by atoms with Gasteiger partial charge in [0.25, 0.3) is 5.91 Å². The van der Waals surface area contributed by atoms with E-state index in [1.54, 1.807) is 4.91 Å². The maximum Gasteiger partial charge on any atom is 0.256 e. The number of aliphatic imine (C=N–C) groups is 1. The second-order valence-electron chi connectivity index (χ2n) is 11.4. The summed E-state index contributed by atoms with van der Waals surface area (Å²) < 4.78 is 0. The van der Waals surface area contributed by atoms with Gasteiger partial charge >= 0.3 is 0 Å². The number of hydrogen-bond donors (Lipinski definition) is 0. The molecule has 6 aliphatic rings. The fourth-order valence-corrected chi connectivity index (χ4v) is 7.60. The summed E-state index contributed by atoms with van der Waals surface area (Å²) in [5, 5.41) is 0. The van der Waals surface area contributed by atoms with Crippen LogP contribution in [0.25, 0.3) is 5.57 Å². The molecule has 3 heterocycles. The number of fused-ring (bicyclic) bond motifs is 1. The number of aryl methyl sites for hydroxylation is 1. The molecule has 2 saturated carbocycles. The lowest BCUT2D eigenvalue weighted by Crippen LogP contribution is -2.41. The van der Waals surface area contributed by atoms with Gasteiger partial charge in [-0.1, -0.05) is 24.3 Å². The van der Waals surface area contributed by atoms with Gasteiger partial charge in [-0.2, -0.15) is 0 Å². The first-order chi connectivity index (χ1) is 17.0. The van der Waals surface area contributed by atoms with Gasteiger partial charge in [-0.15, -0.1) is 11.8 Å². The molecule has 35 heavy (non-hydrogen) atoms. The number of hydrogen-bond acceptors (Lipinski definition) is 4. The maximum absolute atomic E-state index is 13.4. The van der Waals surface area contributed by atoms with Crippen LogP contribution in [0.4, 0.5) is 0 Å². The number of carbonyl (C=O) groups is 2. The van der Waals surface area contributed by atoms with Crippen molar-refractivity contribution in [3.8, 4) is 0 Å². The highest BCUT2D eigenvalue weighted by Crippen LogP contribution is 2.47. The van der Waals surface area contributed by atoms with Gasteiger partial charge in [-0.25, -0.2) is 0 Å². The second-order valence-corrected chi connectivity index (χ2v) is 12.6. The molecule has 4 fully saturated rings. The molecule has 3 aliphatic carbocycles. The van der Waals surface area contributed by atoms with Crippen LogP contribution < -0.4 is 0 Å². The zero-order valence-electron chi connectivity index (χ0n) is 20.5. The van der Waals surface area contributed by atoms with Gasteiger partial charge in [0.2, 0.25) is 5.91 Å². The lowest BCUT2D eigenvalue weighted by Gasteiger charge is -2.24. The van der Waals surface area contributed by atoms with E-state index >= 15 is 0 Å². The third kappa shape index (κ3) is 3.80. The van der Waals surface area contributed by atoms with Crippen molar-refractivity contribution >= 4 is 35.0 Å². The van der Waals surface area contributed by atoms with E-state index in [4.69, 9.17) is 4.99 Å². The molecule has 6 heteroatoms. The van der Waals surface area contributed by atoms with Crippen molar-refractivity contribution in [2.45, 2.75) is 57.4 Å². The van der Waals surface area contributed by atoms with Gasteiger partial charge in [0.05, 0.1) is 0 Å². The summed E-state index contributed by atoms with van der Waals surface area (Å²) in [6.45, 7) is 4.47. The molecule has 3 aliphatic heterocycles. The predicted octanol–water partition coefficient (Wildman–Crippen LogP) is 4.80. The average Bonchev–Trinajstić information content (AvgIpc) is 3.74. The third-order valence-corrected chi connectivity index (χ3v) is 10.0. The molecule has 0 N–H and O–H groups in total. The van der Waals surface area contributed by atoms with Crippen LogP contribution in [0.2, 0.25) is 0 Å². The Morgan fingerprint density at radius 1 is 1.17 bits per heavy atom. The Balaban J connectivity index is 1.12. The zero-order chi connectivity index (χ0) is 23.7. The summed E-state index contributed by atoms with van der Waals surface area (Å²) in [6.07, 6.45) is 11.8. The lowest BCUT2D eigenvalue weighted by atomic mass is 9.86. The molecule has 7 rings (SSSR count). The molecular formula is C29H33N3O2S. The molecule has 2 amide bonds. The maximum atomic E-state index is 13.4. The van der Waals surface area contributed by atoms with E-state index in [0.29, 0.717) is 24.3 Å². The lowest BCUT2D eigenvalue weighted by molar-refractivity contribution is -0.131. The van der Waals surface area contributed by atoms with Gasteiger partial charge in [-0.05, 0) is 97.1 Å². The molecule has 1 aromatic rings. The molecular weight excluding hydrogens is 454 g/mol. The van der Waals surface area contributed by atoms with Crippen LogP contribution in [-0.4, -0.2) is 58.4 Å². The van der Waals surface area contributed by atoms with Crippen molar-refractivity contribution in [2.75, 3.05) is 25.4 Å². The smallest absolute Gasteiger partial charge is 0.256 e. The Bertz CT molecular complexity index is 1210. The highest BCUT2D eigenvalue weighted by atomic mass is 32.2. The van der Waals surface area contributed by atoms with Crippen molar-refractivity contribution in [3.05, 3.63) is 51.9 Å². The van der Waals surface area contributed by atoms with E-state index in [1.807, 2.05) is 21.6 Å². The number of carbonyl (C=O) groups excluding carboxylic acids is 2. The van der Waals surface area contributed by atoms with Crippen molar-refractivity contribution in [1.82, 2.24) is 9.80 Å². The normalized spacial score (nSPS) is 28.8. The van der Waals surface area contributed by atoms with Gasteiger partial charge in [0.1, 0.15) is 11.4 Å². The van der Waals surface area contributed by atoms with Gasteiger partial charge in [0.15, 0.2) is 0 Å². The van der Waals surface area contributed by atoms with Crippen LogP contribution in [0.3, 0.4) is 0 Å². The molecule has 1 aromatic carbocycles. The molecule has 5 nitrogen and oxygen atoms in total. The largest absolute Gasteiger partial charge is 0.342 e. The Hall–Kier alpha value is -2.34. The highest BCUT2D eigenvalue weighted by molar-refractivity contribution is 8.03. The fraction of sp³-hybridized carbons (Fsp3) is 0.552. The van der Waals surface area contributed by atoms with Gasteiger partial charge in [-0.3, -0.25) is 19.5 Å². The van der Waals surface area contributed by atoms with Crippen molar-refractivity contribution < 1.29 is 9.59 Å². The second kappa shape index (κ2) is 8.09. The number of likely N-dealkylation sites (tertiary alicyclic amines) is 1. The summed E-state index contributed by atoms with van der Waals surface area (Å²) in [7, 11) is 0. The zero-order valence-corrected chi connectivity index (χ0v) is 21.3. The van der Waals surface area contributed by atoms with Crippen molar-refractivity contribution in [1.29, 1.82) is 0 Å². The average molecular weight is 488 g/mol. The fourth-order valence-electron chi connectivity index (χ4n) is 6.37. The summed E-state index contributed by atoms with van der Waals surface area (Å²) >= 11 is 2.01. The van der Waals surface area contributed by atoms with Crippen molar-refractivity contribution in [3.63, 3.8) is 0 Å². The van der Waals surface area contributed by atoms with Gasteiger partial charge in [0, 0.05) is 31.1 Å². The molecule has 2 saturated heterocycles. The molecule has 1 unspecified atom stereocenters. The number of nitrogens with zero attached hydrogens (tertiary/aromatic N) is 3. The summed E-state index contributed by atoms with van der Waals surface area (Å²) in [5.41, 5.74) is 4.55. The molecule has 182 valence electrons. The number of rotatable bonds is 5. The Labute approximate surface area is 211 Å². The molecule has 1 spiro atoms. The third-order valence-electron chi connectivity index (χ3n) is 8.79. The van der Waals surface area contributed by atoms with E-state index in [9.17, 15) is 9.59 Å². The summed E-state index contributed by atoms with van der Waals surface area (Å²) in [5.74, 6) is 3.89.